The summed E-state index contributed by atoms with van der Waals surface area (Å²) in [7, 11) is 0. The van der Waals surface area contributed by atoms with Crippen molar-refractivity contribution >= 4 is 40.3 Å². The SMILES string of the molecule is O=C(O)CC1(NC(=O)Nc2ccccc2I)CCCCC1. The number of aliphatic carboxylic acids is 1. The average Bonchev–Trinajstić information content (AvgIpc) is 2.41. The van der Waals surface area contributed by atoms with E-state index in [9.17, 15) is 9.59 Å². The highest BCUT2D eigenvalue weighted by Crippen LogP contribution is 2.31. The number of para-hydroxylation sites is 1. The summed E-state index contributed by atoms with van der Waals surface area (Å²) in [5.74, 6) is -0.869. The number of amides is 2. The van der Waals surface area contributed by atoms with Crippen molar-refractivity contribution < 1.29 is 14.7 Å². The fraction of sp³-hybridized carbons (Fsp3) is 0.467. The fourth-order valence-electron chi connectivity index (χ4n) is 2.82. The van der Waals surface area contributed by atoms with E-state index in [4.69, 9.17) is 5.11 Å². The quantitative estimate of drug-likeness (QED) is 0.674. The lowest BCUT2D eigenvalue weighted by Crippen LogP contribution is -2.52. The molecule has 0 saturated heterocycles. The van der Waals surface area contributed by atoms with Crippen LogP contribution in [0.25, 0.3) is 0 Å². The smallest absolute Gasteiger partial charge is 0.319 e. The Kier molecular flexibility index (Phi) is 5.44. The van der Waals surface area contributed by atoms with Gasteiger partial charge in [-0.1, -0.05) is 31.4 Å². The highest BCUT2D eigenvalue weighted by atomic mass is 127. The molecule has 1 aliphatic rings. The van der Waals surface area contributed by atoms with Crippen molar-refractivity contribution in [3.63, 3.8) is 0 Å². The van der Waals surface area contributed by atoms with Gasteiger partial charge in [0.2, 0.25) is 0 Å². The van der Waals surface area contributed by atoms with E-state index in [1.807, 2.05) is 24.3 Å². The Hall–Kier alpha value is -1.31. The first kappa shape index (κ1) is 16.1. The first-order valence-corrected chi connectivity index (χ1v) is 8.14. The van der Waals surface area contributed by atoms with Crippen LogP contribution in [0, 0.1) is 3.57 Å². The molecule has 5 nitrogen and oxygen atoms in total. The van der Waals surface area contributed by atoms with Gasteiger partial charge in [-0.15, -0.1) is 0 Å². The minimum atomic E-state index is -0.869. The van der Waals surface area contributed by atoms with Crippen LogP contribution in [0.4, 0.5) is 10.5 Å². The van der Waals surface area contributed by atoms with E-state index in [2.05, 4.69) is 33.2 Å². The normalized spacial score (nSPS) is 17.0. The van der Waals surface area contributed by atoms with Crippen LogP contribution in [0.15, 0.2) is 24.3 Å². The molecule has 2 rings (SSSR count). The van der Waals surface area contributed by atoms with Gasteiger partial charge in [-0.05, 0) is 47.6 Å². The van der Waals surface area contributed by atoms with Crippen molar-refractivity contribution in [2.75, 3.05) is 5.32 Å². The second kappa shape index (κ2) is 7.11. The molecule has 1 fully saturated rings. The Morgan fingerprint density at radius 1 is 1.19 bits per heavy atom. The van der Waals surface area contributed by atoms with E-state index in [1.165, 1.54) is 0 Å². The van der Waals surface area contributed by atoms with Gasteiger partial charge in [0, 0.05) is 3.57 Å². The zero-order valence-electron chi connectivity index (χ0n) is 11.7. The second-order valence-corrected chi connectivity index (χ2v) is 6.63. The molecule has 0 unspecified atom stereocenters. The van der Waals surface area contributed by atoms with E-state index in [0.717, 1.165) is 41.4 Å². The summed E-state index contributed by atoms with van der Waals surface area (Å²) in [4.78, 5) is 23.3. The minimum Gasteiger partial charge on any atom is -0.481 e. The van der Waals surface area contributed by atoms with Crippen molar-refractivity contribution in [3.8, 4) is 0 Å². The summed E-state index contributed by atoms with van der Waals surface area (Å²) in [6.45, 7) is 0. The van der Waals surface area contributed by atoms with Gasteiger partial charge >= 0.3 is 12.0 Å². The predicted octanol–water partition coefficient (Wildman–Crippen LogP) is 3.59. The summed E-state index contributed by atoms with van der Waals surface area (Å²) in [5.41, 5.74) is 0.117. The zero-order chi connectivity index (χ0) is 15.3. The van der Waals surface area contributed by atoms with Crippen LogP contribution in [0.5, 0.6) is 0 Å². The highest BCUT2D eigenvalue weighted by molar-refractivity contribution is 14.1. The van der Waals surface area contributed by atoms with Crippen LogP contribution >= 0.6 is 22.6 Å². The number of nitrogens with one attached hydrogen (secondary N) is 2. The lowest BCUT2D eigenvalue weighted by Gasteiger charge is -2.36. The van der Waals surface area contributed by atoms with Gasteiger partial charge in [0.15, 0.2) is 0 Å². The van der Waals surface area contributed by atoms with E-state index in [0.29, 0.717) is 0 Å². The number of hydrogen-bond donors (Lipinski definition) is 3. The number of anilines is 1. The summed E-state index contributed by atoms with van der Waals surface area (Å²) in [5, 5.41) is 14.8. The third-order valence-electron chi connectivity index (χ3n) is 3.80. The number of rotatable bonds is 4. The third kappa shape index (κ3) is 4.59. The van der Waals surface area contributed by atoms with Crippen molar-refractivity contribution in [1.29, 1.82) is 0 Å². The second-order valence-electron chi connectivity index (χ2n) is 5.47. The standard InChI is InChI=1S/C15H19IN2O3/c16-11-6-2-3-7-12(11)17-14(21)18-15(10-13(19)20)8-4-1-5-9-15/h2-3,6-7H,1,4-5,8-10H2,(H,19,20)(H2,17,18,21). The molecule has 0 aliphatic heterocycles. The molecule has 0 aromatic heterocycles. The Bertz CT molecular complexity index is 527. The zero-order valence-corrected chi connectivity index (χ0v) is 13.9. The Balaban J connectivity index is 2.04. The van der Waals surface area contributed by atoms with Crippen LogP contribution in [-0.2, 0) is 4.79 Å². The summed E-state index contributed by atoms with van der Waals surface area (Å²) in [6, 6.07) is 7.15. The molecule has 0 atom stereocenters. The average molecular weight is 402 g/mol. The molecule has 0 radical (unpaired) electrons. The predicted molar refractivity (Wildman–Crippen MR) is 89.4 cm³/mol. The number of carbonyl (C=O) groups excluding carboxylic acids is 1. The lowest BCUT2D eigenvalue weighted by atomic mass is 9.79. The lowest BCUT2D eigenvalue weighted by molar-refractivity contribution is -0.138. The first-order valence-electron chi connectivity index (χ1n) is 7.06. The van der Waals surface area contributed by atoms with Gasteiger partial charge in [-0.2, -0.15) is 0 Å². The molecule has 6 heteroatoms. The molecular formula is C15H19IN2O3. The van der Waals surface area contributed by atoms with Crippen molar-refractivity contribution in [2.24, 2.45) is 0 Å². The molecule has 3 N–H and O–H groups in total. The Morgan fingerprint density at radius 3 is 2.48 bits per heavy atom. The number of carboxylic acid groups (broad SMARTS) is 1. The summed E-state index contributed by atoms with van der Waals surface area (Å²) in [6.07, 6.45) is 4.43. The van der Waals surface area contributed by atoms with E-state index in [-0.39, 0.29) is 12.5 Å². The number of carboxylic acids is 1. The largest absolute Gasteiger partial charge is 0.481 e. The number of carbonyl (C=O) groups is 2. The monoisotopic (exact) mass is 402 g/mol. The highest BCUT2D eigenvalue weighted by Gasteiger charge is 2.35. The van der Waals surface area contributed by atoms with Crippen molar-refractivity contribution in [2.45, 2.75) is 44.1 Å². The third-order valence-corrected chi connectivity index (χ3v) is 4.74. The molecule has 1 saturated carbocycles. The maximum absolute atomic E-state index is 12.2. The first-order chi connectivity index (χ1) is 10.0. The molecule has 114 valence electrons. The maximum atomic E-state index is 12.2. The number of benzene rings is 1. The molecule has 21 heavy (non-hydrogen) atoms. The number of halogens is 1. The molecule has 1 aromatic rings. The van der Waals surface area contributed by atoms with Crippen LogP contribution in [0.1, 0.15) is 38.5 Å². The van der Waals surface area contributed by atoms with Gasteiger partial charge in [-0.25, -0.2) is 4.79 Å². The number of hydrogen-bond acceptors (Lipinski definition) is 2. The van der Waals surface area contributed by atoms with Crippen molar-refractivity contribution in [3.05, 3.63) is 27.8 Å². The van der Waals surface area contributed by atoms with Crippen LogP contribution < -0.4 is 10.6 Å². The molecule has 0 heterocycles. The van der Waals surface area contributed by atoms with Gasteiger partial charge in [0.05, 0.1) is 17.6 Å². The van der Waals surface area contributed by atoms with Crippen LogP contribution in [0.3, 0.4) is 0 Å². The minimum absolute atomic E-state index is 0.0215. The topological polar surface area (TPSA) is 78.4 Å². The molecule has 2 amide bonds. The summed E-state index contributed by atoms with van der Waals surface area (Å²) < 4.78 is 0.946. The van der Waals surface area contributed by atoms with E-state index in [1.54, 1.807) is 0 Å². The Morgan fingerprint density at radius 2 is 1.86 bits per heavy atom. The van der Waals surface area contributed by atoms with Crippen LogP contribution in [0.2, 0.25) is 0 Å². The fourth-order valence-corrected chi connectivity index (χ4v) is 3.34. The maximum Gasteiger partial charge on any atom is 0.319 e. The van der Waals surface area contributed by atoms with E-state index < -0.39 is 11.5 Å². The Labute approximate surface area is 137 Å². The van der Waals surface area contributed by atoms with Crippen LogP contribution in [-0.4, -0.2) is 22.6 Å². The van der Waals surface area contributed by atoms with Gasteiger partial charge in [-0.3, -0.25) is 4.79 Å². The molecular weight excluding hydrogens is 383 g/mol. The van der Waals surface area contributed by atoms with Gasteiger partial charge in [0.1, 0.15) is 0 Å². The molecule has 0 bridgehead atoms. The molecule has 1 aromatic carbocycles. The van der Waals surface area contributed by atoms with Crippen molar-refractivity contribution in [1.82, 2.24) is 5.32 Å². The van der Waals surface area contributed by atoms with Gasteiger partial charge in [0.25, 0.3) is 0 Å². The summed E-state index contributed by atoms with van der Waals surface area (Å²) >= 11 is 2.15. The molecule has 0 spiro atoms. The molecule has 1 aliphatic carbocycles. The number of urea groups is 1. The van der Waals surface area contributed by atoms with E-state index >= 15 is 0 Å². The van der Waals surface area contributed by atoms with Gasteiger partial charge < -0.3 is 15.7 Å².